The van der Waals surface area contributed by atoms with E-state index in [9.17, 15) is 9.59 Å². The summed E-state index contributed by atoms with van der Waals surface area (Å²) in [5.41, 5.74) is 2.35. The van der Waals surface area contributed by atoms with Crippen LogP contribution >= 0.6 is 0 Å². The fourth-order valence-electron chi connectivity index (χ4n) is 2.09. The Morgan fingerprint density at radius 3 is 2.52 bits per heavy atom. The maximum atomic E-state index is 12.4. The lowest BCUT2D eigenvalue weighted by Gasteiger charge is -2.21. The van der Waals surface area contributed by atoms with Crippen molar-refractivity contribution in [2.75, 3.05) is 13.1 Å². The van der Waals surface area contributed by atoms with Gasteiger partial charge in [0.1, 0.15) is 0 Å². The molecule has 21 heavy (non-hydrogen) atoms. The Hall–Kier alpha value is -2.10. The predicted octanol–water partition coefficient (Wildman–Crippen LogP) is 3.36. The molecule has 0 aliphatic rings. The topological polar surface area (TPSA) is 57.6 Å². The van der Waals surface area contributed by atoms with Gasteiger partial charge in [-0.25, -0.2) is 4.79 Å². The molecule has 1 amide bonds. The number of rotatable bonds is 7. The highest BCUT2D eigenvalue weighted by molar-refractivity contribution is 5.95. The van der Waals surface area contributed by atoms with E-state index in [0.717, 1.165) is 36.6 Å². The van der Waals surface area contributed by atoms with Crippen LogP contribution in [0.4, 0.5) is 0 Å². The molecular weight excluding hydrogens is 266 g/mol. The molecule has 0 atom stereocenters. The van der Waals surface area contributed by atoms with E-state index in [1.807, 2.05) is 24.8 Å². The van der Waals surface area contributed by atoms with Crippen LogP contribution in [0.25, 0.3) is 6.08 Å². The summed E-state index contributed by atoms with van der Waals surface area (Å²) < 4.78 is 0. The number of carboxylic acids is 1. The zero-order valence-electron chi connectivity index (χ0n) is 12.9. The minimum atomic E-state index is -0.980. The number of nitrogens with zero attached hydrogens (tertiary/aromatic N) is 1. The Morgan fingerprint density at radius 2 is 2.00 bits per heavy atom. The molecule has 1 N–H and O–H groups in total. The lowest BCUT2D eigenvalue weighted by molar-refractivity contribution is -0.131. The zero-order chi connectivity index (χ0) is 15.8. The zero-order valence-corrected chi connectivity index (χ0v) is 12.9. The largest absolute Gasteiger partial charge is 0.478 e. The lowest BCUT2D eigenvalue weighted by atomic mass is 10.0. The van der Waals surface area contributed by atoms with Crippen molar-refractivity contribution in [2.24, 2.45) is 0 Å². The molecule has 0 bridgehead atoms. The summed E-state index contributed by atoms with van der Waals surface area (Å²) in [6.07, 6.45) is 4.70. The van der Waals surface area contributed by atoms with Crippen LogP contribution in [-0.4, -0.2) is 35.0 Å². The minimum Gasteiger partial charge on any atom is -0.478 e. The highest BCUT2D eigenvalue weighted by Gasteiger charge is 2.14. The molecule has 0 aliphatic heterocycles. The fourth-order valence-corrected chi connectivity index (χ4v) is 2.09. The average molecular weight is 289 g/mol. The summed E-state index contributed by atoms with van der Waals surface area (Å²) in [6.45, 7) is 7.42. The number of aliphatic carboxylic acids is 1. The molecule has 0 radical (unpaired) electrons. The average Bonchev–Trinajstić information content (AvgIpc) is 2.46. The number of carbonyl (C=O) groups excluding carboxylic acids is 1. The quantitative estimate of drug-likeness (QED) is 0.783. The Labute approximate surface area is 126 Å². The Kier molecular flexibility index (Phi) is 6.66. The minimum absolute atomic E-state index is 0.0304. The number of amides is 1. The maximum Gasteiger partial charge on any atom is 0.328 e. The summed E-state index contributed by atoms with van der Waals surface area (Å²) >= 11 is 0. The molecule has 0 saturated carbocycles. The van der Waals surface area contributed by atoms with E-state index < -0.39 is 5.97 Å². The van der Waals surface area contributed by atoms with Gasteiger partial charge in [0.25, 0.3) is 5.91 Å². The van der Waals surface area contributed by atoms with Gasteiger partial charge in [0.2, 0.25) is 0 Å². The second kappa shape index (κ2) is 8.25. The van der Waals surface area contributed by atoms with E-state index in [1.165, 1.54) is 0 Å². The molecule has 114 valence electrons. The van der Waals surface area contributed by atoms with Gasteiger partial charge in [-0.2, -0.15) is 0 Å². The molecule has 0 fully saturated rings. The SMILES string of the molecule is CCCCN(CC)C(=O)c1ccc(/C=C/C(=O)O)c(C)c1. The molecule has 0 heterocycles. The van der Waals surface area contributed by atoms with Gasteiger partial charge in [-0.3, -0.25) is 4.79 Å². The van der Waals surface area contributed by atoms with Gasteiger partial charge >= 0.3 is 5.97 Å². The van der Waals surface area contributed by atoms with Crippen LogP contribution in [0.15, 0.2) is 24.3 Å². The van der Waals surface area contributed by atoms with Gasteiger partial charge in [-0.05, 0) is 49.6 Å². The third-order valence-electron chi connectivity index (χ3n) is 3.37. The molecule has 0 spiro atoms. The van der Waals surface area contributed by atoms with Crippen molar-refractivity contribution in [1.29, 1.82) is 0 Å². The van der Waals surface area contributed by atoms with Crippen molar-refractivity contribution in [1.82, 2.24) is 4.90 Å². The van der Waals surface area contributed by atoms with Crippen LogP contribution < -0.4 is 0 Å². The van der Waals surface area contributed by atoms with Crippen LogP contribution in [0.3, 0.4) is 0 Å². The van der Waals surface area contributed by atoms with Gasteiger partial charge in [-0.1, -0.05) is 19.4 Å². The number of unbranched alkanes of at least 4 members (excludes halogenated alkanes) is 1. The molecule has 0 aromatic heterocycles. The van der Waals surface area contributed by atoms with Crippen LogP contribution in [0.2, 0.25) is 0 Å². The summed E-state index contributed by atoms with van der Waals surface area (Å²) in [5, 5.41) is 8.65. The van der Waals surface area contributed by atoms with Crippen LogP contribution in [0.1, 0.15) is 48.2 Å². The first-order valence-electron chi connectivity index (χ1n) is 7.30. The highest BCUT2D eigenvalue weighted by atomic mass is 16.4. The van der Waals surface area contributed by atoms with Crippen molar-refractivity contribution in [3.05, 3.63) is 41.0 Å². The van der Waals surface area contributed by atoms with Gasteiger partial charge in [-0.15, -0.1) is 0 Å². The number of hydrogen-bond acceptors (Lipinski definition) is 2. The molecule has 1 rings (SSSR count). The smallest absolute Gasteiger partial charge is 0.328 e. The molecular formula is C17H23NO3. The normalized spacial score (nSPS) is 10.8. The van der Waals surface area contributed by atoms with Gasteiger partial charge in [0.15, 0.2) is 0 Å². The molecule has 4 heteroatoms. The maximum absolute atomic E-state index is 12.4. The number of carboxylic acid groups (broad SMARTS) is 1. The number of carbonyl (C=O) groups is 2. The highest BCUT2D eigenvalue weighted by Crippen LogP contribution is 2.15. The summed E-state index contributed by atoms with van der Waals surface area (Å²) in [6, 6.07) is 5.36. The third-order valence-corrected chi connectivity index (χ3v) is 3.37. The third kappa shape index (κ3) is 5.06. The Morgan fingerprint density at radius 1 is 1.29 bits per heavy atom. The van der Waals surface area contributed by atoms with Crippen molar-refractivity contribution in [3.63, 3.8) is 0 Å². The first-order valence-corrected chi connectivity index (χ1v) is 7.30. The second-order valence-electron chi connectivity index (χ2n) is 4.98. The van der Waals surface area contributed by atoms with E-state index in [1.54, 1.807) is 18.2 Å². The fraction of sp³-hybridized carbons (Fsp3) is 0.412. The number of aryl methyl sites for hydroxylation is 1. The Balaban J connectivity index is 2.91. The van der Waals surface area contributed by atoms with E-state index >= 15 is 0 Å². The van der Waals surface area contributed by atoms with Crippen LogP contribution in [-0.2, 0) is 4.79 Å². The summed E-state index contributed by atoms with van der Waals surface area (Å²) in [5.74, 6) is -0.950. The molecule has 4 nitrogen and oxygen atoms in total. The van der Waals surface area contributed by atoms with E-state index in [-0.39, 0.29) is 5.91 Å². The summed E-state index contributed by atoms with van der Waals surface area (Å²) in [7, 11) is 0. The van der Waals surface area contributed by atoms with Crippen molar-refractivity contribution < 1.29 is 14.7 Å². The van der Waals surface area contributed by atoms with Crippen molar-refractivity contribution in [3.8, 4) is 0 Å². The van der Waals surface area contributed by atoms with Gasteiger partial charge in [0.05, 0.1) is 0 Å². The lowest BCUT2D eigenvalue weighted by Crippen LogP contribution is -2.31. The van der Waals surface area contributed by atoms with Gasteiger partial charge in [0, 0.05) is 24.7 Å². The van der Waals surface area contributed by atoms with Crippen molar-refractivity contribution >= 4 is 18.0 Å². The Bertz CT molecular complexity index is 535. The van der Waals surface area contributed by atoms with Crippen molar-refractivity contribution in [2.45, 2.75) is 33.6 Å². The molecule has 1 aromatic rings. The summed E-state index contributed by atoms with van der Waals surface area (Å²) in [4.78, 5) is 24.8. The molecule has 0 saturated heterocycles. The number of hydrogen-bond donors (Lipinski definition) is 1. The molecule has 1 aromatic carbocycles. The molecule has 0 aliphatic carbocycles. The first kappa shape index (κ1) is 17.0. The van der Waals surface area contributed by atoms with E-state index in [4.69, 9.17) is 5.11 Å². The molecule has 0 unspecified atom stereocenters. The van der Waals surface area contributed by atoms with Crippen LogP contribution in [0, 0.1) is 6.92 Å². The first-order chi connectivity index (χ1) is 9.99. The van der Waals surface area contributed by atoms with E-state index in [2.05, 4.69) is 6.92 Å². The monoisotopic (exact) mass is 289 g/mol. The second-order valence-corrected chi connectivity index (χ2v) is 4.98. The standard InChI is InChI=1S/C17H23NO3/c1-4-6-11-18(5-2)17(21)15-8-7-14(13(3)12-15)9-10-16(19)20/h7-10,12H,4-6,11H2,1-3H3,(H,19,20)/b10-9+. The van der Waals surface area contributed by atoms with E-state index in [0.29, 0.717) is 12.1 Å². The van der Waals surface area contributed by atoms with Gasteiger partial charge < -0.3 is 10.0 Å². The predicted molar refractivity (Wildman–Crippen MR) is 84.3 cm³/mol. The van der Waals surface area contributed by atoms with Crippen LogP contribution in [0.5, 0.6) is 0 Å². The number of benzene rings is 1.